The fourth-order valence-electron chi connectivity index (χ4n) is 12.2. The second-order valence-electron chi connectivity index (χ2n) is 30.5. The molecule has 0 aliphatic heterocycles. The molecule has 588 valence electrons. The summed E-state index contributed by atoms with van der Waals surface area (Å²) in [5, 5.41) is 10.6. The van der Waals surface area contributed by atoms with E-state index < -0.39 is 97.5 Å². The molecule has 0 rings (SSSR count). The lowest BCUT2D eigenvalue weighted by Crippen LogP contribution is -2.30. The quantitative estimate of drug-likeness (QED) is 0.0222. The molecule has 6 atom stereocenters. The van der Waals surface area contributed by atoms with Crippen LogP contribution in [0, 0.1) is 23.7 Å². The Morgan fingerprint density at radius 1 is 0.283 bits per heavy atom. The van der Waals surface area contributed by atoms with Crippen LogP contribution in [-0.2, 0) is 65.4 Å². The van der Waals surface area contributed by atoms with Gasteiger partial charge in [-0.2, -0.15) is 0 Å². The first-order valence-corrected chi connectivity index (χ1v) is 44.2. The van der Waals surface area contributed by atoms with Gasteiger partial charge in [0.2, 0.25) is 0 Å². The van der Waals surface area contributed by atoms with Crippen LogP contribution in [0.4, 0.5) is 0 Å². The van der Waals surface area contributed by atoms with E-state index in [0.717, 1.165) is 114 Å². The van der Waals surface area contributed by atoms with Gasteiger partial charge >= 0.3 is 39.5 Å². The molecule has 0 radical (unpaired) electrons. The summed E-state index contributed by atoms with van der Waals surface area (Å²) >= 11 is 0. The van der Waals surface area contributed by atoms with Crippen molar-refractivity contribution in [3.05, 3.63) is 0 Å². The fourth-order valence-corrected chi connectivity index (χ4v) is 13.8. The van der Waals surface area contributed by atoms with Gasteiger partial charge in [0.15, 0.2) is 12.2 Å². The highest BCUT2D eigenvalue weighted by molar-refractivity contribution is 7.47. The first-order chi connectivity index (χ1) is 47.6. The second-order valence-corrected chi connectivity index (χ2v) is 33.4. The van der Waals surface area contributed by atoms with Crippen LogP contribution < -0.4 is 0 Å². The van der Waals surface area contributed by atoms with Crippen molar-refractivity contribution in [2.75, 3.05) is 39.6 Å². The Kier molecular flexibility index (Phi) is 67.8. The maximum atomic E-state index is 13.1. The van der Waals surface area contributed by atoms with E-state index in [2.05, 4.69) is 55.4 Å². The number of ether oxygens (including phenoxy) is 4. The molecule has 0 spiro atoms. The summed E-state index contributed by atoms with van der Waals surface area (Å²) in [6.07, 6.45) is 55.8. The maximum Gasteiger partial charge on any atom is 0.472 e. The Balaban J connectivity index is 5.20. The van der Waals surface area contributed by atoms with Crippen LogP contribution in [0.1, 0.15) is 409 Å². The molecule has 19 heteroatoms. The lowest BCUT2D eigenvalue weighted by Gasteiger charge is -2.21. The van der Waals surface area contributed by atoms with Crippen LogP contribution in [0.15, 0.2) is 0 Å². The van der Waals surface area contributed by atoms with E-state index in [4.69, 9.17) is 37.0 Å². The van der Waals surface area contributed by atoms with Crippen molar-refractivity contribution in [2.24, 2.45) is 23.7 Å². The molecular weight excluding hydrogens is 1290 g/mol. The Morgan fingerprint density at radius 2 is 0.485 bits per heavy atom. The minimum Gasteiger partial charge on any atom is -0.462 e. The van der Waals surface area contributed by atoms with Crippen molar-refractivity contribution >= 4 is 39.5 Å². The first kappa shape index (κ1) is 97.1. The molecule has 0 aromatic carbocycles. The zero-order valence-electron chi connectivity index (χ0n) is 65.1. The van der Waals surface area contributed by atoms with Gasteiger partial charge in [-0.1, -0.05) is 357 Å². The van der Waals surface area contributed by atoms with Crippen molar-refractivity contribution < 1.29 is 80.2 Å². The summed E-state index contributed by atoms with van der Waals surface area (Å²) < 4.78 is 68.6. The lowest BCUT2D eigenvalue weighted by atomic mass is 9.99. The molecule has 3 unspecified atom stereocenters. The van der Waals surface area contributed by atoms with Gasteiger partial charge in [0.05, 0.1) is 26.4 Å². The molecule has 0 aromatic rings. The van der Waals surface area contributed by atoms with E-state index in [-0.39, 0.29) is 25.7 Å². The third kappa shape index (κ3) is 72.8. The number of hydrogen-bond acceptors (Lipinski definition) is 15. The predicted octanol–water partition coefficient (Wildman–Crippen LogP) is 23.6. The van der Waals surface area contributed by atoms with Crippen molar-refractivity contribution in [2.45, 2.75) is 427 Å². The highest BCUT2D eigenvalue weighted by atomic mass is 31.2. The number of unbranched alkanes of at least 4 members (excludes halogenated alkanes) is 42. The van der Waals surface area contributed by atoms with Gasteiger partial charge in [0.1, 0.15) is 19.3 Å². The number of phosphoric ester groups is 2. The SMILES string of the molecule is CCC(C)CCCCCCCCCCCCCCCCC(=O)OC[C@H](COP(=O)(O)OC[C@@H](O)COP(=O)(O)OC[C@@H](COC(=O)CCCCCCCCC(C)C)OC(=O)CCCCCCCCCCC(C)C)OC(=O)CCCCCCCCCCCCCCCCCCCCC(C)C. The summed E-state index contributed by atoms with van der Waals surface area (Å²) in [6, 6.07) is 0. The third-order valence-electron chi connectivity index (χ3n) is 18.9. The van der Waals surface area contributed by atoms with Crippen molar-refractivity contribution in [1.82, 2.24) is 0 Å². The average molecular weight is 1450 g/mol. The van der Waals surface area contributed by atoms with Crippen LogP contribution >= 0.6 is 15.6 Å². The van der Waals surface area contributed by atoms with Crippen LogP contribution in [-0.4, -0.2) is 96.7 Å². The highest BCUT2D eigenvalue weighted by Gasteiger charge is 2.30. The van der Waals surface area contributed by atoms with E-state index in [1.54, 1.807) is 0 Å². The number of carbonyl (C=O) groups is 4. The predicted molar refractivity (Wildman–Crippen MR) is 404 cm³/mol. The molecule has 0 aliphatic carbocycles. The fraction of sp³-hybridized carbons (Fsp3) is 0.950. The standard InChI is InChI=1S/C80H156O17P2/c1-9-73(8)59-51-43-34-27-23-19-16-17-20-24-28-35-44-52-60-77(82)90-66-75(96-79(84)62-54-46-36-29-25-21-15-13-11-10-12-14-18-22-26-32-40-48-56-70(2)3)68-94-98(86,87)92-64-74(81)65-93-99(88,89)95-69-76(67-91-78(83)61-53-45-39-38-42-50-58-72(6)7)97-80(85)63-55-47-37-31-30-33-41-49-57-71(4)5/h70-76,81H,9-69H2,1-8H3,(H,86,87)(H,88,89)/t73?,74-,75-,76-/m1/s1. The molecule has 0 bridgehead atoms. The van der Waals surface area contributed by atoms with Crippen LogP contribution in [0.5, 0.6) is 0 Å². The minimum absolute atomic E-state index is 0.103. The molecule has 0 fully saturated rings. The van der Waals surface area contributed by atoms with Gasteiger partial charge in [-0.05, 0) is 49.4 Å². The van der Waals surface area contributed by atoms with Gasteiger partial charge in [-0.25, -0.2) is 9.13 Å². The van der Waals surface area contributed by atoms with Crippen LogP contribution in [0.2, 0.25) is 0 Å². The number of aliphatic hydroxyl groups is 1. The van der Waals surface area contributed by atoms with E-state index in [0.29, 0.717) is 31.6 Å². The highest BCUT2D eigenvalue weighted by Crippen LogP contribution is 2.45. The molecule has 0 saturated heterocycles. The van der Waals surface area contributed by atoms with Gasteiger partial charge < -0.3 is 33.8 Å². The van der Waals surface area contributed by atoms with Gasteiger partial charge in [-0.15, -0.1) is 0 Å². The van der Waals surface area contributed by atoms with E-state index in [1.807, 2.05) is 0 Å². The molecule has 3 N–H and O–H groups in total. The third-order valence-corrected chi connectivity index (χ3v) is 20.8. The maximum absolute atomic E-state index is 13.1. The zero-order chi connectivity index (χ0) is 73.1. The average Bonchev–Trinajstić information content (AvgIpc) is 1.03. The summed E-state index contributed by atoms with van der Waals surface area (Å²) in [6.45, 7) is 14.2. The number of carbonyl (C=O) groups excluding carboxylic acids is 4. The second kappa shape index (κ2) is 69.1. The zero-order valence-corrected chi connectivity index (χ0v) is 66.9. The van der Waals surface area contributed by atoms with E-state index >= 15 is 0 Å². The molecule has 17 nitrogen and oxygen atoms in total. The van der Waals surface area contributed by atoms with Crippen molar-refractivity contribution in [3.8, 4) is 0 Å². The smallest absolute Gasteiger partial charge is 0.462 e. The van der Waals surface area contributed by atoms with E-state index in [9.17, 15) is 43.2 Å². The Hall–Kier alpha value is -1.94. The van der Waals surface area contributed by atoms with E-state index in [1.165, 1.54) is 205 Å². The number of phosphoric acid groups is 2. The van der Waals surface area contributed by atoms with Crippen molar-refractivity contribution in [1.29, 1.82) is 0 Å². The van der Waals surface area contributed by atoms with Gasteiger partial charge in [0.25, 0.3) is 0 Å². The molecule has 0 amide bonds. The van der Waals surface area contributed by atoms with Crippen LogP contribution in [0.25, 0.3) is 0 Å². The molecule has 0 aromatic heterocycles. The normalized spacial score (nSPS) is 14.3. The minimum atomic E-state index is -4.96. The largest absolute Gasteiger partial charge is 0.472 e. The molecule has 0 aliphatic rings. The lowest BCUT2D eigenvalue weighted by molar-refractivity contribution is -0.161. The number of hydrogen-bond donors (Lipinski definition) is 3. The summed E-state index contributed by atoms with van der Waals surface area (Å²) in [4.78, 5) is 72.9. The van der Waals surface area contributed by atoms with Gasteiger partial charge in [-0.3, -0.25) is 37.3 Å². The topological polar surface area (TPSA) is 237 Å². The monoisotopic (exact) mass is 1450 g/mol. The van der Waals surface area contributed by atoms with Crippen molar-refractivity contribution in [3.63, 3.8) is 0 Å². The summed E-state index contributed by atoms with van der Waals surface area (Å²) in [7, 11) is -9.92. The Labute approximate surface area is 607 Å². The Morgan fingerprint density at radius 3 is 0.717 bits per heavy atom. The number of rotatable bonds is 77. The molecule has 0 heterocycles. The summed E-state index contributed by atoms with van der Waals surface area (Å²) in [5.74, 6) is 0.948. The molecule has 99 heavy (non-hydrogen) atoms. The first-order valence-electron chi connectivity index (χ1n) is 41.2. The molecular formula is C80H156O17P2. The van der Waals surface area contributed by atoms with Crippen LogP contribution in [0.3, 0.4) is 0 Å². The number of aliphatic hydroxyl groups excluding tert-OH is 1. The Bertz CT molecular complexity index is 1940. The molecule has 0 saturated carbocycles. The summed E-state index contributed by atoms with van der Waals surface area (Å²) in [5.41, 5.74) is 0. The number of esters is 4. The van der Waals surface area contributed by atoms with Gasteiger partial charge in [0, 0.05) is 25.7 Å².